The molecule has 0 aromatic heterocycles. The maximum Gasteiger partial charge on any atom is 0.115 e. The van der Waals surface area contributed by atoms with Crippen LogP contribution in [0.5, 0.6) is 0 Å². The summed E-state index contributed by atoms with van der Waals surface area (Å²) in [6.45, 7) is 6.21. The fourth-order valence-corrected chi connectivity index (χ4v) is 0.938. The quantitative estimate of drug-likeness (QED) is 0.362. The van der Waals surface area contributed by atoms with Crippen molar-refractivity contribution >= 4 is 6.21 Å². The molecule has 0 bridgehead atoms. The van der Waals surface area contributed by atoms with E-state index in [9.17, 15) is 0 Å². The van der Waals surface area contributed by atoms with Crippen molar-refractivity contribution in [1.82, 2.24) is 0 Å². The van der Waals surface area contributed by atoms with Gasteiger partial charge in [0.05, 0.1) is 6.10 Å². The average molecular weight is 195 g/mol. The first-order chi connectivity index (χ1) is 6.70. The number of rotatable bonds is 6. The van der Waals surface area contributed by atoms with Crippen LogP contribution in [-0.2, 0) is 4.74 Å². The van der Waals surface area contributed by atoms with Crippen LogP contribution < -0.4 is 0 Å². The SMILES string of the molecule is CCC/C=C(\C=C/C=NC)OC(C)C. The third-order valence-electron chi connectivity index (χ3n) is 1.50. The van der Waals surface area contributed by atoms with E-state index < -0.39 is 0 Å². The monoisotopic (exact) mass is 195 g/mol. The zero-order valence-electron chi connectivity index (χ0n) is 9.66. The first-order valence-electron chi connectivity index (χ1n) is 5.16. The Kier molecular flexibility index (Phi) is 7.90. The van der Waals surface area contributed by atoms with Crippen LogP contribution in [0.1, 0.15) is 33.6 Å². The number of ether oxygens (including phenoxy) is 1. The lowest BCUT2D eigenvalue weighted by molar-refractivity contribution is 0.157. The lowest BCUT2D eigenvalue weighted by Crippen LogP contribution is -2.00. The molecule has 0 unspecified atom stereocenters. The fraction of sp³-hybridized carbons (Fsp3) is 0.583. The average Bonchev–Trinajstić information content (AvgIpc) is 2.13. The number of nitrogens with zero attached hydrogens (tertiary/aromatic N) is 1. The van der Waals surface area contributed by atoms with E-state index in [0.717, 1.165) is 18.6 Å². The summed E-state index contributed by atoms with van der Waals surface area (Å²) in [4.78, 5) is 3.87. The number of allylic oxidation sites excluding steroid dienone is 3. The van der Waals surface area contributed by atoms with Gasteiger partial charge in [0.25, 0.3) is 0 Å². The lowest BCUT2D eigenvalue weighted by Gasteiger charge is -2.10. The Morgan fingerprint density at radius 3 is 2.64 bits per heavy atom. The second kappa shape index (κ2) is 8.54. The molecule has 0 aliphatic carbocycles. The molecular weight excluding hydrogens is 174 g/mol. The number of hydrogen-bond acceptors (Lipinski definition) is 2. The van der Waals surface area contributed by atoms with Crippen molar-refractivity contribution in [3.63, 3.8) is 0 Å². The van der Waals surface area contributed by atoms with E-state index in [2.05, 4.69) is 18.0 Å². The standard InChI is InChI=1S/C12H21NO/c1-5-6-8-12(14-11(2)3)9-7-10-13-4/h7-11H,5-6H2,1-4H3/b9-7-,12-8+,13-10?. The zero-order valence-corrected chi connectivity index (χ0v) is 9.66. The lowest BCUT2D eigenvalue weighted by atomic mass is 10.3. The molecule has 0 aromatic carbocycles. The third kappa shape index (κ3) is 7.59. The van der Waals surface area contributed by atoms with E-state index in [4.69, 9.17) is 4.74 Å². The van der Waals surface area contributed by atoms with Crippen molar-refractivity contribution in [1.29, 1.82) is 0 Å². The molecule has 0 heterocycles. The van der Waals surface area contributed by atoms with Crippen molar-refractivity contribution in [2.24, 2.45) is 4.99 Å². The molecule has 0 radical (unpaired) electrons. The van der Waals surface area contributed by atoms with Crippen molar-refractivity contribution in [2.75, 3.05) is 7.05 Å². The summed E-state index contributed by atoms with van der Waals surface area (Å²) in [6, 6.07) is 0. The van der Waals surface area contributed by atoms with Crippen LogP contribution in [0.4, 0.5) is 0 Å². The second-order valence-electron chi connectivity index (χ2n) is 3.33. The van der Waals surface area contributed by atoms with Gasteiger partial charge in [-0.2, -0.15) is 0 Å². The maximum absolute atomic E-state index is 5.61. The maximum atomic E-state index is 5.61. The summed E-state index contributed by atoms with van der Waals surface area (Å²) in [6.07, 6.45) is 10.1. The summed E-state index contributed by atoms with van der Waals surface area (Å²) in [5.74, 6) is 0.932. The molecule has 0 saturated carbocycles. The van der Waals surface area contributed by atoms with E-state index in [1.54, 1.807) is 13.3 Å². The molecule has 0 aromatic rings. The Balaban J connectivity index is 4.23. The molecule has 0 atom stereocenters. The van der Waals surface area contributed by atoms with Gasteiger partial charge in [0.2, 0.25) is 0 Å². The van der Waals surface area contributed by atoms with Crippen molar-refractivity contribution in [2.45, 2.75) is 39.7 Å². The molecule has 0 spiro atoms. The summed E-state index contributed by atoms with van der Waals surface area (Å²) in [5, 5.41) is 0. The zero-order chi connectivity index (χ0) is 10.8. The van der Waals surface area contributed by atoms with Gasteiger partial charge in [-0.15, -0.1) is 0 Å². The van der Waals surface area contributed by atoms with Crippen molar-refractivity contribution in [3.05, 3.63) is 24.0 Å². The van der Waals surface area contributed by atoms with Crippen molar-refractivity contribution in [3.8, 4) is 0 Å². The van der Waals surface area contributed by atoms with Gasteiger partial charge in [-0.05, 0) is 38.5 Å². The molecule has 2 heteroatoms. The van der Waals surface area contributed by atoms with Gasteiger partial charge in [0.15, 0.2) is 0 Å². The molecule has 0 amide bonds. The molecule has 0 fully saturated rings. The second-order valence-corrected chi connectivity index (χ2v) is 3.33. The Bertz CT molecular complexity index is 214. The van der Waals surface area contributed by atoms with Crippen LogP contribution in [0.25, 0.3) is 0 Å². The van der Waals surface area contributed by atoms with Gasteiger partial charge in [0.1, 0.15) is 5.76 Å². The minimum atomic E-state index is 0.223. The predicted octanol–water partition coefficient (Wildman–Crippen LogP) is 3.35. The minimum Gasteiger partial charge on any atom is -0.491 e. The topological polar surface area (TPSA) is 21.6 Å². The summed E-state index contributed by atoms with van der Waals surface area (Å²) in [5.41, 5.74) is 0. The van der Waals surface area contributed by atoms with Crippen LogP contribution in [0.2, 0.25) is 0 Å². The van der Waals surface area contributed by atoms with E-state index >= 15 is 0 Å². The number of unbranched alkanes of at least 4 members (excludes halogenated alkanes) is 1. The highest BCUT2D eigenvalue weighted by Gasteiger charge is 1.95. The molecule has 80 valence electrons. The molecule has 0 aliphatic rings. The number of aliphatic imine (C=N–C) groups is 1. The van der Waals surface area contributed by atoms with E-state index in [0.29, 0.717) is 0 Å². The highest BCUT2D eigenvalue weighted by atomic mass is 16.5. The number of hydrogen-bond donors (Lipinski definition) is 0. The molecule has 0 rings (SSSR count). The highest BCUT2D eigenvalue weighted by molar-refractivity contribution is 5.71. The van der Waals surface area contributed by atoms with Gasteiger partial charge in [0, 0.05) is 13.3 Å². The Morgan fingerprint density at radius 2 is 2.14 bits per heavy atom. The van der Waals surface area contributed by atoms with Crippen LogP contribution >= 0.6 is 0 Å². The molecular formula is C12H21NO. The van der Waals surface area contributed by atoms with Crippen LogP contribution in [0, 0.1) is 0 Å². The van der Waals surface area contributed by atoms with Crippen LogP contribution in [-0.4, -0.2) is 19.4 Å². The first kappa shape index (κ1) is 12.9. The van der Waals surface area contributed by atoms with E-state index in [-0.39, 0.29) is 6.10 Å². The Morgan fingerprint density at radius 1 is 1.43 bits per heavy atom. The fourth-order valence-electron chi connectivity index (χ4n) is 0.938. The molecule has 0 aliphatic heterocycles. The molecule has 0 N–H and O–H groups in total. The molecule has 0 saturated heterocycles. The van der Waals surface area contributed by atoms with E-state index in [1.807, 2.05) is 26.0 Å². The predicted molar refractivity (Wildman–Crippen MR) is 62.8 cm³/mol. The summed E-state index contributed by atoms with van der Waals surface area (Å²) in [7, 11) is 1.75. The highest BCUT2D eigenvalue weighted by Crippen LogP contribution is 2.06. The smallest absolute Gasteiger partial charge is 0.115 e. The van der Waals surface area contributed by atoms with Gasteiger partial charge in [-0.25, -0.2) is 0 Å². The normalized spacial score (nSPS) is 13.4. The Hall–Kier alpha value is -1.05. The largest absolute Gasteiger partial charge is 0.491 e. The minimum absolute atomic E-state index is 0.223. The van der Waals surface area contributed by atoms with Crippen LogP contribution in [0.3, 0.4) is 0 Å². The third-order valence-corrected chi connectivity index (χ3v) is 1.50. The molecule has 14 heavy (non-hydrogen) atoms. The van der Waals surface area contributed by atoms with Crippen LogP contribution in [0.15, 0.2) is 29.0 Å². The summed E-state index contributed by atoms with van der Waals surface area (Å²) >= 11 is 0. The van der Waals surface area contributed by atoms with E-state index in [1.165, 1.54) is 0 Å². The van der Waals surface area contributed by atoms with Gasteiger partial charge in [-0.1, -0.05) is 13.3 Å². The van der Waals surface area contributed by atoms with Crippen molar-refractivity contribution < 1.29 is 4.74 Å². The van der Waals surface area contributed by atoms with Gasteiger partial charge < -0.3 is 4.74 Å². The summed E-state index contributed by atoms with van der Waals surface area (Å²) < 4.78 is 5.61. The molecule has 2 nitrogen and oxygen atoms in total. The first-order valence-corrected chi connectivity index (χ1v) is 5.16. The Labute approximate surface area is 87.4 Å². The van der Waals surface area contributed by atoms with Gasteiger partial charge in [-0.3, -0.25) is 4.99 Å². The van der Waals surface area contributed by atoms with Gasteiger partial charge >= 0.3 is 0 Å².